The van der Waals surface area contributed by atoms with E-state index < -0.39 is 51.3 Å². The Balaban J connectivity index is 1.76. The van der Waals surface area contributed by atoms with Gasteiger partial charge in [0.05, 0.1) is 30.6 Å². The molecule has 11 nitrogen and oxygen atoms in total. The third-order valence-corrected chi connectivity index (χ3v) is 7.92. The molecule has 14 heteroatoms. The molecule has 2 aromatic rings. The lowest BCUT2D eigenvalue weighted by Gasteiger charge is -2.52. The van der Waals surface area contributed by atoms with Crippen molar-refractivity contribution >= 4 is 22.0 Å². The molecule has 38 heavy (non-hydrogen) atoms. The smallest absolute Gasteiger partial charge is 0.408 e. The maximum Gasteiger partial charge on any atom is 0.408 e. The normalized spacial score (nSPS) is 22.8. The minimum atomic E-state index is -3.55. The van der Waals surface area contributed by atoms with Crippen molar-refractivity contribution < 1.29 is 31.9 Å². The summed E-state index contributed by atoms with van der Waals surface area (Å²) in [5.41, 5.74) is 5.88. The second-order valence-corrected chi connectivity index (χ2v) is 12.8. The van der Waals surface area contributed by atoms with Crippen LogP contribution in [0, 0.1) is 11.6 Å². The molecule has 1 aromatic carbocycles. The van der Waals surface area contributed by atoms with Crippen LogP contribution in [-0.2, 0) is 27.9 Å². The van der Waals surface area contributed by atoms with Crippen LogP contribution in [0.4, 0.5) is 13.6 Å². The molecule has 0 spiro atoms. The van der Waals surface area contributed by atoms with Gasteiger partial charge in [-0.15, -0.1) is 0 Å². The number of carbonyl (C=O) groups excluding carboxylic acids is 1. The fourth-order valence-electron chi connectivity index (χ4n) is 5.64. The Morgan fingerprint density at radius 1 is 1.24 bits per heavy atom. The molecule has 2 aliphatic heterocycles. The van der Waals surface area contributed by atoms with Crippen LogP contribution < -0.4 is 5.73 Å². The number of fused-ring (bicyclic) bond motifs is 1. The largest absolute Gasteiger partial charge is 0.465 e. The molecule has 208 valence electrons. The first-order valence-electron chi connectivity index (χ1n) is 12.1. The van der Waals surface area contributed by atoms with E-state index in [1.807, 2.05) is 4.90 Å². The molecule has 4 rings (SSSR count). The van der Waals surface area contributed by atoms with E-state index in [1.54, 1.807) is 25.7 Å². The Kier molecular flexibility index (Phi) is 7.27. The molecule has 1 fully saturated rings. The highest BCUT2D eigenvalue weighted by atomic mass is 32.2. The van der Waals surface area contributed by atoms with Gasteiger partial charge < -0.3 is 10.8 Å². The molecule has 3 N–H and O–H groups in total. The highest BCUT2D eigenvalue weighted by molar-refractivity contribution is 7.89. The van der Waals surface area contributed by atoms with Crippen LogP contribution in [0.15, 0.2) is 24.4 Å². The number of halogens is 2. The van der Waals surface area contributed by atoms with Gasteiger partial charge in [-0.25, -0.2) is 22.0 Å². The third-order valence-electron chi connectivity index (χ3n) is 7.05. The summed E-state index contributed by atoms with van der Waals surface area (Å²) < 4.78 is 54.1. The summed E-state index contributed by atoms with van der Waals surface area (Å²) >= 11 is 0. The zero-order valence-corrected chi connectivity index (χ0v) is 22.5. The molecule has 0 saturated carbocycles. The molecule has 0 radical (unpaired) electrons. The average molecular weight is 555 g/mol. The Morgan fingerprint density at radius 2 is 1.92 bits per heavy atom. The number of likely N-dealkylation sites (tertiary alicyclic amines) is 1. The van der Waals surface area contributed by atoms with Gasteiger partial charge in [-0.2, -0.15) is 9.19 Å². The van der Waals surface area contributed by atoms with Crippen LogP contribution in [0.2, 0.25) is 0 Å². The van der Waals surface area contributed by atoms with Gasteiger partial charge in [-0.3, -0.25) is 19.5 Å². The van der Waals surface area contributed by atoms with Crippen LogP contribution in [0.5, 0.6) is 0 Å². The Hall–Kier alpha value is -3.10. The van der Waals surface area contributed by atoms with E-state index in [-0.39, 0.29) is 31.1 Å². The number of carbonyl (C=O) groups is 2. The van der Waals surface area contributed by atoms with Gasteiger partial charge in [0, 0.05) is 48.5 Å². The number of benzene rings is 1. The minimum absolute atomic E-state index is 0.0561. The second kappa shape index (κ2) is 9.89. The van der Waals surface area contributed by atoms with Gasteiger partial charge in [0.15, 0.2) is 0 Å². The van der Waals surface area contributed by atoms with Crippen molar-refractivity contribution in [3.63, 3.8) is 0 Å². The maximum absolute atomic E-state index is 15.1. The Bertz CT molecular complexity index is 1330. The molecular weight excluding hydrogens is 522 g/mol. The summed E-state index contributed by atoms with van der Waals surface area (Å²) in [6.07, 6.45) is 1.52. The minimum Gasteiger partial charge on any atom is -0.465 e. The van der Waals surface area contributed by atoms with Crippen molar-refractivity contribution in [2.45, 2.75) is 63.9 Å². The van der Waals surface area contributed by atoms with Crippen LogP contribution >= 0.6 is 0 Å². The molecule has 2 aliphatic rings. The van der Waals surface area contributed by atoms with Gasteiger partial charge in [0.25, 0.3) is 10.0 Å². The summed E-state index contributed by atoms with van der Waals surface area (Å²) in [7, 11) is -3.55. The molecule has 1 aromatic heterocycles. The van der Waals surface area contributed by atoms with Gasteiger partial charge in [0.2, 0.25) is 5.91 Å². The first-order chi connectivity index (χ1) is 17.6. The third kappa shape index (κ3) is 5.52. The van der Waals surface area contributed by atoms with Crippen molar-refractivity contribution in [1.82, 2.24) is 23.9 Å². The number of carboxylic acid groups (broad SMARTS) is 1. The Morgan fingerprint density at radius 3 is 2.47 bits per heavy atom. The van der Waals surface area contributed by atoms with Gasteiger partial charge in [0.1, 0.15) is 11.6 Å². The van der Waals surface area contributed by atoms with Crippen LogP contribution in [0.1, 0.15) is 50.1 Å². The first kappa shape index (κ1) is 27.9. The molecule has 2 amide bonds. The molecule has 0 bridgehead atoms. The molecule has 3 heterocycles. The van der Waals surface area contributed by atoms with E-state index in [1.165, 1.54) is 11.1 Å². The zero-order valence-electron chi connectivity index (χ0n) is 21.6. The van der Waals surface area contributed by atoms with E-state index in [0.29, 0.717) is 18.8 Å². The van der Waals surface area contributed by atoms with Gasteiger partial charge in [-0.05, 0) is 45.4 Å². The maximum atomic E-state index is 15.1. The first-order valence-corrected chi connectivity index (χ1v) is 13.9. The number of hydrogen-bond acceptors (Lipinski definition) is 7. The van der Waals surface area contributed by atoms with E-state index >= 15 is 4.39 Å². The number of rotatable bonds is 6. The molecule has 1 saturated heterocycles. The summed E-state index contributed by atoms with van der Waals surface area (Å²) in [4.78, 5) is 29.5. The van der Waals surface area contributed by atoms with E-state index in [9.17, 15) is 27.5 Å². The average Bonchev–Trinajstić information content (AvgIpc) is 3.33. The quantitative estimate of drug-likeness (QED) is 0.550. The number of piperidine rings is 1. The lowest BCUT2D eigenvalue weighted by molar-refractivity contribution is -0.121. The SMILES string of the molecule is CC(C)(C)N(C(=O)O)[C@H]1C[C@@H](N2Cc3cn(S(C)(=O)=O)nc3C2)CN(CC(N)=O)[C@H]1c1cc(F)ccc1F. The predicted molar refractivity (Wildman–Crippen MR) is 133 cm³/mol. The van der Waals surface area contributed by atoms with Crippen LogP contribution in [0.25, 0.3) is 0 Å². The highest BCUT2D eigenvalue weighted by Gasteiger charge is 2.48. The van der Waals surface area contributed by atoms with Crippen molar-refractivity contribution in [1.29, 1.82) is 0 Å². The molecule has 0 unspecified atom stereocenters. The summed E-state index contributed by atoms with van der Waals surface area (Å²) in [5.74, 6) is -2.10. The van der Waals surface area contributed by atoms with Crippen molar-refractivity contribution in [3.8, 4) is 0 Å². The highest BCUT2D eigenvalue weighted by Crippen LogP contribution is 2.41. The molecular formula is C24H32F2N6O5S. The lowest BCUT2D eigenvalue weighted by Crippen LogP contribution is -2.63. The van der Waals surface area contributed by atoms with Crippen molar-refractivity contribution in [2.24, 2.45) is 5.73 Å². The lowest BCUT2D eigenvalue weighted by atomic mass is 9.84. The number of hydrogen-bond donors (Lipinski definition) is 2. The number of nitrogens with two attached hydrogens (primary N) is 1. The van der Waals surface area contributed by atoms with Crippen LogP contribution in [-0.4, -0.2) is 86.4 Å². The summed E-state index contributed by atoms with van der Waals surface area (Å²) in [5, 5.41) is 14.4. The monoisotopic (exact) mass is 554 g/mol. The second-order valence-electron chi connectivity index (χ2n) is 10.9. The summed E-state index contributed by atoms with van der Waals surface area (Å²) in [6.45, 7) is 5.71. The van der Waals surface area contributed by atoms with Crippen LogP contribution in [0.3, 0.4) is 0 Å². The number of primary amides is 1. The van der Waals surface area contributed by atoms with E-state index in [4.69, 9.17) is 5.73 Å². The number of amides is 2. The van der Waals surface area contributed by atoms with E-state index in [0.717, 1.165) is 34.1 Å². The zero-order chi connectivity index (χ0) is 28.2. The molecule has 3 atom stereocenters. The Labute approximate surface area is 219 Å². The fourth-order valence-corrected chi connectivity index (χ4v) is 6.20. The number of aromatic nitrogens is 2. The van der Waals surface area contributed by atoms with Gasteiger partial charge >= 0.3 is 6.09 Å². The van der Waals surface area contributed by atoms with Gasteiger partial charge in [-0.1, -0.05) is 0 Å². The standard InChI is InChI=1S/C24H32F2N6O5S/c1-24(2,3)32(23(34)35)20-8-16(29-9-14-10-31(38(4,36)37)28-19(14)12-29)11-30(13-21(27)33)22(20)17-7-15(25)5-6-18(17)26/h5-7,10,16,20,22H,8-9,11-13H2,1-4H3,(H2,27,33)(H,34,35)/t16-,20+,22+/m1/s1. The topological polar surface area (TPSA) is 142 Å². The van der Waals surface area contributed by atoms with E-state index in [2.05, 4.69) is 5.10 Å². The van der Waals surface area contributed by atoms with Crippen molar-refractivity contribution in [2.75, 3.05) is 19.3 Å². The predicted octanol–water partition coefficient (Wildman–Crippen LogP) is 1.73. The number of nitrogens with zero attached hydrogens (tertiary/aromatic N) is 5. The van der Waals surface area contributed by atoms with Crippen molar-refractivity contribution in [3.05, 3.63) is 52.9 Å². The molecule has 0 aliphatic carbocycles. The summed E-state index contributed by atoms with van der Waals surface area (Å²) in [6, 6.07) is 0.822. The fraction of sp³-hybridized carbons (Fsp3) is 0.542.